The van der Waals surface area contributed by atoms with Crippen LogP contribution in [0.15, 0.2) is 54.6 Å². The van der Waals surface area contributed by atoms with Gasteiger partial charge in [0.15, 0.2) is 0 Å². The maximum Gasteiger partial charge on any atom is 0.225 e. The first kappa shape index (κ1) is 17.2. The zero-order valence-corrected chi connectivity index (χ0v) is 15.1. The van der Waals surface area contributed by atoms with Crippen LogP contribution >= 0.6 is 11.6 Å². The Kier molecular flexibility index (Phi) is 5.51. The summed E-state index contributed by atoms with van der Waals surface area (Å²) in [5.41, 5.74) is 4.40. The van der Waals surface area contributed by atoms with E-state index in [1.807, 2.05) is 37.3 Å². The predicted molar refractivity (Wildman–Crippen MR) is 104 cm³/mol. The van der Waals surface area contributed by atoms with Crippen LogP contribution in [0.3, 0.4) is 0 Å². The fraction of sp³-hybridized carbons (Fsp3) is 0.200. The molecule has 1 heterocycles. The fourth-order valence-electron chi connectivity index (χ4n) is 2.45. The number of anilines is 2. The Morgan fingerprint density at radius 2 is 1.64 bits per heavy atom. The van der Waals surface area contributed by atoms with Crippen LogP contribution in [0, 0.1) is 13.8 Å². The lowest BCUT2D eigenvalue weighted by Gasteiger charge is -2.11. The maximum absolute atomic E-state index is 6.19. The number of hydrogen-bond acceptors (Lipinski definition) is 4. The summed E-state index contributed by atoms with van der Waals surface area (Å²) in [5.74, 6) is 1.39. The van der Waals surface area contributed by atoms with Crippen molar-refractivity contribution >= 4 is 23.4 Å². The van der Waals surface area contributed by atoms with E-state index in [9.17, 15) is 0 Å². The molecule has 3 rings (SSSR count). The minimum atomic E-state index is 0.584. The highest BCUT2D eigenvalue weighted by atomic mass is 35.5. The van der Waals surface area contributed by atoms with Gasteiger partial charge in [-0.15, -0.1) is 0 Å². The first-order valence-electron chi connectivity index (χ1n) is 8.22. The Morgan fingerprint density at radius 3 is 2.40 bits per heavy atom. The Morgan fingerprint density at radius 1 is 0.880 bits per heavy atom. The molecule has 0 aliphatic heterocycles. The summed E-state index contributed by atoms with van der Waals surface area (Å²) in [6.45, 7) is 5.35. The molecular weight excluding hydrogens is 332 g/mol. The van der Waals surface area contributed by atoms with Gasteiger partial charge in [0, 0.05) is 29.9 Å². The zero-order valence-electron chi connectivity index (χ0n) is 14.4. The minimum Gasteiger partial charge on any atom is -0.366 e. The molecule has 0 fully saturated rings. The monoisotopic (exact) mass is 352 g/mol. The minimum absolute atomic E-state index is 0.584. The van der Waals surface area contributed by atoms with Crippen LogP contribution in [0.25, 0.3) is 0 Å². The topological polar surface area (TPSA) is 49.8 Å². The number of aryl methyl sites for hydroxylation is 2. The van der Waals surface area contributed by atoms with Crippen molar-refractivity contribution in [2.24, 2.45) is 0 Å². The second-order valence-corrected chi connectivity index (χ2v) is 6.41. The van der Waals surface area contributed by atoms with E-state index in [-0.39, 0.29) is 0 Å². The first-order valence-corrected chi connectivity index (χ1v) is 8.60. The summed E-state index contributed by atoms with van der Waals surface area (Å²) in [7, 11) is 0. The van der Waals surface area contributed by atoms with E-state index in [2.05, 4.69) is 51.8 Å². The summed E-state index contributed by atoms with van der Waals surface area (Å²) in [4.78, 5) is 8.97. The molecule has 0 saturated heterocycles. The summed E-state index contributed by atoms with van der Waals surface area (Å²) in [5, 5.41) is 7.33. The van der Waals surface area contributed by atoms with Gasteiger partial charge < -0.3 is 10.6 Å². The molecule has 0 aliphatic rings. The number of halogens is 1. The van der Waals surface area contributed by atoms with Crippen LogP contribution in [-0.4, -0.2) is 9.97 Å². The van der Waals surface area contributed by atoms with E-state index in [1.54, 1.807) is 0 Å². The SMILES string of the molecule is Cc1ccc(CNc2cc(C)nc(NCc3ccccc3Cl)n2)cc1. The van der Waals surface area contributed by atoms with Crippen molar-refractivity contribution in [3.63, 3.8) is 0 Å². The van der Waals surface area contributed by atoms with Crippen LogP contribution in [0.4, 0.5) is 11.8 Å². The van der Waals surface area contributed by atoms with Crippen molar-refractivity contribution in [3.8, 4) is 0 Å². The molecule has 0 amide bonds. The second kappa shape index (κ2) is 7.99. The van der Waals surface area contributed by atoms with E-state index in [0.29, 0.717) is 12.5 Å². The molecule has 0 atom stereocenters. The van der Waals surface area contributed by atoms with Crippen molar-refractivity contribution in [1.29, 1.82) is 0 Å². The smallest absolute Gasteiger partial charge is 0.225 e. The Bertz CT molecular complexity index is 847. The lowest BCUT2D eigenvalue weighted by atomic mass is 10.1. The highest BCUT2D eigenvalue weighted by Crippen LogP contribution is 2.17. The van der Waals surface area contributed by atoms with Gasteiger partial charge >= 0.3 is 0 Å². The summed E-state index contributed by atoms with van der Waals surface area (Å²) in [6, 6.07) is 18.1. The van der Waals surface area contributed by atoms with Crippen molar-refractivity contribution < 1.29 is 0 Å². The van der Waals surface area contributed by atoms with Crippen LogP contribution in [0.5, 0.6) is 0 Å². The molecule has 0 unspecified atom stereocenters. The van der Waals surface area contributed by atoms with Gasteiger partial charge in [-0.3, -0.25) is 0 Å². The van der Waals surface area contributed by atoms with Crippen molar-refractivity contribution in [3.05, 3.63) is 82.0 Å². The third kappa shape index (κ3) is 4.94. The number of benzene rings is 2. The van der Waals surface area contributed by atoms with Gasteiger partial charge in [-0.25, -0.2) is 4.98 Å². The molecule has 2 aromatic carbocycles. The van der Waals surface area contributed by atoms with Crippen molar-refractivity contribution in [1.82, 2.24) is 9.97 Å². The molecule has 128 valence electrons. The van der Waals surface area contributed by atoms with Crippen molar-refractivity contribution in [2.75, 3.05) is 10.6 Å². The molecule has 3 aromatic rings. The van der Waals surface area contributed by atoms with E-state index in [4.69, 9.17) is 11.6 Å². The van der Waals surface area contributed by atoms with Gasteiger partial charge in [-0.1, -0.05) is 59.6 Å². The molecular formula is C20H21ClN4. The summed E-state index contributed by atoms with van der Waals surface area (Å²) >= 11 is 6.19. The quantitative estimate of drug-likeness (QED) is 0.657. The van der Waals surface area contributed by atoms with Crippen LogP contribution < -0.4 is 10.6 Å². The maximum atomic E-state index is 6.19. The molecule has 0 aliphatic carbocycles. The number of nitrogens with zero attached hydrogens (tertiary/aromatic N) is 2. The summed E-state index contributed by atoms with van der Waals surface area (Å²) in [6.07, 6.45) is 0. The van der Waals surface area contributed by atoms with E-state index < -0.39 is 0 Å². The van der Waals surface area contributed by atoms with Gasteiger partial charge in [0.25, 0.3) is 0 Å². The molecule has 0 bridgehead atoms. The zero-order chi connectivity index (χ0) is 17.6. The molecule has 5 heteroatoms. The summed E-state index contributed by atoms with van der Waals surface area (Å²) < 4.78 is 0. The normalized spacial score (nSPS) is 10.5. The van der Waals surface area contributed by atoms with Gasteiger partial charge in [0.05, 0.1) is 0 Å². The lowest BCUT2D eigenvalue weighted by Crippen LogP contribution is -2.08. The second-order valence-electron chi connectivity index (χ2n) is 6.00. The van der Waals surface area contributed by atoms with Crippen LogP contribution in [0.2, 0.25) is 5.02 Å². The van der Waals surface area contributed by atoms with E-state index in [0.717, 1.165) is 28.6 Å². The van der Waals surface area contributed by atoms with Crippen molar-refractivity contribution in [2.45, 2.75) is 26.9 Å². The fourth-order valence-corrected chi connectivity index (χ4v) is 2.66. The number of nitrogens with one attached hydrogen (secondary N) is 2. The van der Waals surface area contributed by atoms with Gasteiger partial charge in [0.1, 0.15) is 5.82 Å². The molecule has 25 heavy (non-hydrogen) atoms. The van der Waals surface area contributed by atoms with Gasteiger partial charge in [0.2, 0.25) is 5.95 Å². The molecule has 0 radical (unpaired) electrons. The van der Waals surface area contributed by atoms with Gasteiger partial charge in [-0.2, -0.15) is 4.98 Å². The Hall–Kier alpha value is -2.59. The molecule has 0 saturated carbocycles. The lowest BCUT2D eigenvalue weighted by molar-refractivity contribution is 1.01. The molecule has 2 N–H and O–H groups in total. The average Bonchev–Trinajstić information content (AvgIpc) is 2.60. The Balaban J connectivity index is 1.65. The standard InChI is InChI=1S/C20H21ClN4/c1-14-7-9-16(10-8-14)12-22-19-11-15(2)24-20(25-19)23-13-17-5-3-4-6-18(17)21/h3-11H,12-13H2,1-2H3,(H2,22,23,24,25). The third-order valence-electron chi connectivity index (χ3n) is 3.84. The number of rotatable bonds is 6. The van der Waals surface area contributed by atoms with E-state index >= 15 is 0 Å². The Labute approximate surface area is 153 Å². The molecule has 4 nitrogen and oxygen atoms in total. The highest BCUT2D eigenvalue weighted by Gasteiger charge is 2.04. The number of hydrogen-bond donors (Lipinski definition) is 2. The van der Waals surface area contributed by atoms with Gasteiger partial charge in [-0.05, 0) is 31.0 Å². The molecule has 0 spiro atoms. The molecule has 1 aromatic heterocycles. The third-order valence-corrected chi connectivity index (χ3v) is 4.21. The van der Waals surface area contributed by atoms with Crippen LogP contribution in [-0.2, 0) is 13.1 Å². The first-order chi connectivity index (χ1) is 12.1. The highest BCUT2D eigenvalue weighted by molar-refractivity contribution is 6.31. The van der Waals surface area contributed by atoms with Crippen LogP contribution in [0.1, 0.15) is 22.4 Å². The predicted octanol–water partition coefficient (Wildman–Crippen LogP) is 4.97. The van der Waals surface area contributed by atoms with E-state index in [1.165, 1.54) is 11.1 Å². The average molecular weight is 353 g/mol. The largest absolute Gasteiger partial charge is 0.366 e. The number of aromatic nitrogens is 2.